The van der Waals surface area contributed by atoms with Crippen LogP contribution in [-0.4, -0.2) is 43.7 Å². The van der Waals surface area contributed by atoms with Crippen molar-refractivity contribution in [3.63, 3.8) is 0 Å². The first kappa shape index (κ1) is 15.3. The van der Waals surface area contributed by atoms with Crippen molar-refractivity contribution in [1.82, 2.24) is 9.62 Å². The highest BCUT2D eigenvalue weighted by Gasteiger charge is 2.40. The zero-order valence-corrected chi connectivity index (χ0v) is 13.1. The summed E-state index contributed by atoms with van der Waals surface area (Å²) in [6.45, 7) is 6.37. The Kier molecular flexibility index (Phi) is 4.90. The van der Waals surface area contributed by atoms with E-state index in [1.54, 1.807) is 13.8 Å². The number of sulfonamides is 1. The number of nitrogens with zero attached hydrogens (tertiary/aromatic N) is 1. The SMILES string of the molecule is CC(C)S(=O)(=O)NCC1(N2CCCCC2)CCCC1. The summed E-state index contributed by atoms with van der Waals surface area (Å²) in [6, 6.07) is 0. The van der Waals surface area contributed by atoms with Crippen LogP contribution in [0, 0.1) is 0 Å². The van der Waals surface area contributed by atoms with E-state index in [-0.39, 0.29) is 10.8 Å². The van der Waals surface area contributed by atoms with Gasteiger partial charge >= 0.3 is 0 Å². The van der Waals surface area contributed by atoms with Crippen LogP contribution in [0.2, 0.25) is 0 Å². The largest absolute Gasteiger partial charge is 0.296 e. The molecule has 0 bridgehead atoms. The molecule has 2 rings (SSSR count). The Morgan fingerprint density at radius 3 is 2.16 bits per heavy atom. The minimum Gasteiger partial charge on any atom is -0.296 e. The van der Waals surface area contributed by atoms with Crippen molar-refractivity contribution in [3.05, 3.63) is 0 Å². The van der Waals surface area contributed by atoms with Crippen LogP contribution in [0.25, 0.3) is 0 Å². The van der Waals surface area contributed by atoms with E-state index in [4.69, 9.17) is 0 Å². The zero-order chi connectivity index (χ0) is 13.9. The van der Waals surface area contributed by atoms with Gasteiger partial charge in [-0.3, -0.25) is 4.90 Å². The Morgan fingerprint density at radius 1 is 1.05 bits per heavy atom. The van der Waals surface area contributed by atoms with E-state index in [0.717, 1.165) is 25.9 Å². The van der Waals surface area contributed by atoms with E-state index < -0.39 is 10.0 Å². The normalized spacial score (nSPS) is 25.0. The van der Waals surface area contributed by atoms with Crippen LogP contribution in [-0.2, 0) is 10.0 Å². The number of nitrogens with one attached hydrogen (secondary N) is 1. The molecule has 0 aromatic carbocycles. The lowest BCUT2D eigenvalue weighted by molar-refractivity contribution is 0.0743. The minimum absolute atomic E-state index is 0.0996. The van der Waals surface area contributed by atoms with Gasteiger partial charge in [0.05, 0.1) is 5.25 Å². The molecule has 1 heterocycles. The first-order valence-corrected chi connectivity index (χ1v) is 9.24. The van der Waals surface area contributed by atoms with E-state index in [1.165, 1.54) is 32.1 Å². The molecular weight excluding hydrogens is 260 g/mol. The maximum absolute atomic E-state index is 12.0. The van der Waals surface area contributed by atoms with Gasteiger partial charge in [-0.25, -0.2) is 13.1 Å². The topological polar surface area (TPSA) is 49.4 Å². The van der Waals surface area contributed by atoms with E-state index in [9.17, 15) is 8.42 Å². The van der Waals surface area contributed by atoms with Crippen molar-refractivity contribution in [3.8, 4) is 0 Å². The van der Waals surface area contributed by atoms with Crippen molar-refractivity contribution in [2.75, 3.05) is 19.6 Å². The summed E-state index contributed by atoms with van der Waals surface area (Å²) in [5.74, 6) is 0. The van der Waals surface area contributed by atoms with Gasteiger partial charge in [0.2, 0.25) is 10.0 Å². The maximum Gasteiger partial charge on any atom is 0.213 e. The van der Waals surface area contributed by atoms with Crippen molar-refractivity contribution in [1.29, 1.82) is 0 Å². The van der Waals surface area contributed by atoms with Crippen LogP contribution in [0.1, 0.15) is 58.8 Å². The molecule has 0 radical (unpaired) electrons. The van der Waals surface area contributed by atoms with Crippen LogP contribution < -0.4 is 4.72 Å². The lowest BCUT2D eigenvalue weighted by Crippen LogP contribution is -2.56. The van der Waals surface area contributed by atoms with Crippen LogP contribution >= 0.6 is 0 Å². The van der Waals surface area contributed by atoms with Crippen molar-refractivity contribution in [2.24, 2.45) is 0 Å². The molecule has 0 amide bonds. The van der Waals surface area contributed by atoms with Gasteiger partial charge in [-0.15, -0.1) is 0 Å². The molecular formula is C14H28N2O2S. The first-order valence-electron chi connectivity index (χ1n) is 7.70. The second kappa shape index (κ2) is 6.10. The smallest absolute Gasteiger partial charge is 0.213 e. The highest BCUT2D eigenvalue weighted by atomic mass is 32.2. The van der Waals surface area contributed by atoms with E-state index in [0.29, 0.717) is 6.54 Å². The van der Waals surface area contributed by atoms with Gasteiger partial charge in [0.25, 0.3) is 0 Å². The molecule has 4 nitrogen and oxygen atoms in total. The van der Waals surface area contributed by atoms with Crippen molar-refractivity contribution in [2.45, 2.75) is 69.6 Å². The molecule has 0 atom stereocenters. The first-order chi connectivity index (χ1) is 8.96. The van der Waals surface area contributed by atoms with Crippen molar-refractivity contribution >= 4 is 10.0 Å². The molecule has 2 fully saturated rings. The Labute approximate surface area is 118 Å². The quantitative estimate of drug-likeness (QED) is 0.843. The summed E-state index contributed by atoms with van der Waals surface area (Å²) in [5, 5.41) is -0.340. The molecule has 1 N–H and O–H groups in total. The lowest BCUT2D eigenvalue weighted by Gasteiger charge is -2.43. The zero-order valence-electron chi connectivity index (χ0n) is 12.3. The Bertz CT molecular complexity index is 380. The summed E-state index contributed by atoms with van der Waals surface area (Å²) < 4.78 is 26.8. The molecule has 1 saturated heterocycles. The predicted octanol–water partition coefficient (Wildman–Crippen LogP) is 2.11. The van der Waals surface area contributed by atoms with Gasteiger partial charge in [-0.05, 0) is 52.6 Å². The summed E-state index contributed by atoms with van der Waals surface area (Å²) in [6.07, 6.45) is 8.61. The van der Waals surface area contributed by atoms with Gasteiger partial charge in [0, 0.05) is 12.1 Å². The summed E-state index contributed by atoms with van der Waals surface area (Å²) in [7, 11) is -3.14. The van der Waals surface area contributed by atoms with Gasteiger partial charge < -0.3 is 0 Å². The fourth-order valence-electron chi connectivity index (χ4n) is 3.41. The molecule has 0 aromatic rings. The molecule has 1 aliphatic heterocycles. The molecule has 1 aliphatic carbocycles. The fourth-order valence-corrected chi connectivity index (χ4v) is 4.21. The average Bonchev–Trinajstić information content (AvgIpc) is 2.87. The number of rotatable bonds is 5. The van der Waals surface area contributed by atoms with Crippen LogP contribution in [0.4, 0.5) is 0 Å². The second-order valence-electron chi connectivity index (χ2n) is 6.39. The highest BCUT2D eigenvalue weighted by Crippen LogP contribution is 2.36. The summed E-state index contributed by atoms with van der Waals surface area (Å²) in [5.41, 5.74) is 0.0996. The number of piperidine rings is 1. The third-order valence-corrected chi connectivity index (χ3v) is 6.57. The summed E-state index contributed by atoms with van der Waals surface area (Å²) >= 11 is 0. The molecule has 0 spiro atoms. The third kappa shape index (κ3) is 3.50. The molecule has 0 aromatic heterocycles. The monoisotopic (exact) mass is 288 g/mol. The molecule has 0 unspecified atom stereocenters. The predicted molar refractivity (Wildman–Crippen MR) is 78.7 cm³/mol. The standard InChI is InChI=1S/C14H28N2O2S/c1-13(2)19(17,18)15-12-14(8-4-5-9-14)16-10-6-3-7-11-16/h13,15H,3-12H2,1-2H3. The molecule has 19 heavy (non-hydrogen) atoms. The third-order valence-electron chi connectivity index (χ3n) is 4.78. The van der Waals surface area contributed by atoms with Crippen LogP contribution in [0.3, 0.4) is 0 Å². The van der Waals surface area contributed by atoms with Gasteiger partial charge in [-0.1, -0.05) is 19.3 Å². The number of hydrogen-bond acceptors (Lipinski definition) is 3. The lowest BCUT2D eigenvalue weighted by atomic mass is 9.92. The Hall–Kier alpha value is -0.130. The molecule has 5 heteroatoms. The average molecular weight is 288 g/mol. The van der Waals surface area contributed by atoms with Crippen molar-refractivity contribution < 1.29 is 8.42 Å². The Balaban J connectivity index is 2.03. The van der Waals surface area contributed by atoms with Crippen LogP contribution in [0.5, 0.6) is 0 Å². The van der Waals surface area contributed by atoms with Gasteiger partial charge in [-0.2, -0.15) is 0 Å². The highest BCUT2D eigenvalue weighted by molar-refractivity contribution is 7.90. The number of hydrogen-bond donors (Lipinski definition) is 1. The van der Waals surface area contributed by atoms with Crippen LogP contribution in [0.15, 0.2) is 0 Å². The second-order valence-corrected chi connectivity index (χ2v) is 8.72. The van der Waals surface area contributed by atoms with Gasteiger partial charge in [0.15, 0.2) is 0 Å². The maximum atomic E-state index is 12.0. The van der Waals surface area contributed by atoms with Gasteiger partial charge in [0.1, 0.15) is 0 Å². The Morgan fingerprint density at radius 2 is 1.63 bits per heavy atom. The summed E-state index contributed by atoms with van der Waals surface area (Å²) in [4.78, 5) is 2.56. The van der Waals surface area contributed by atoms with E-state index >= 15 is 0 Å². The fraction of sp³-hybridized carbons (Fsp3) is 1.00. The van der Waals surface area contributed by atoms with E-state index in [1.807, 2.05) is 0 Å². The van der Waals surface area contributed by atoms with E-state index in [2.05, 4.69) is 9.62 Å². The molecule has 112 valence electrons. The molecule has 1 saturated carbocycles. The number of likely N-dealkylation sites (tertiary alicyclic amines) is 1. The molecule has 2 aliphatic rings. The minimum atomic E-state index is -3.14.